The average Bonchev–Trinajstić information content (AvgIpc) is 2.29. The minimum atomic E-state index is 0.115. The van der Waals surface area contributed by atoms with Crippen molar-refractivity contribution in [1.82, 2.24) is 10.6 Å². The monoisotopic (exact) mass is 242 g/mol. The first kappa shape index (κ1) is 14.5. The molecular weight excluding hydrogens is 216 g/mol. The SMILES string of the molecule is COCC(NC(=O)C1CCC(C)NC1)C(C)C. The second-order valence-electron chi connectivity index (χ2n) is 5.40. The van der Waals surface area contributed by atoms with Crippen molar-refractivity contribution >= 4 is 5.91 Å². The fraction of sp³-hybridized carbons (Fsp3) is 0.923. The molecule has 1 aliphatic heterocycles. The first-order valence-corrected chi connectivity index (χ1v) is 6.57. The molecule has 4 heteroatoms. The van der Waals surface area contributed by atoms with E-state index in [1.165, 1.54) is 0 Å². The largest absolute Gasteiger partial charge is 0.383 e. The van der Waals surface area contributed by atoms with Crippen LogP contribution in [0.25, 0.3) is 0 Å². The molecule has 0 bridgehead atoms. The fourth-order valence-electron chi connectivity index (χ4n) is 2.10. The Balaban J connectivity index is 2.41. The molecule has 1 fully saturated rings. The van der Waals surface area contributed by atoms with Gasteiger partial charge in [0, 0.05) is 19.7 Å². The van der Waals surface area contributed by atoms with E-state index in [1.807, 2.05) is 0 Å². The lowest BCUT2D eigenvalue weighted by Gasteiger charge is -2.29. The van der Waals surface area contributed by atoms with Crippen LogP contribution in [0.1, 0.15) is 33.6 Å². The van der Waals surface area contributed by atoms with Gasteiger partial charge < -0.3 is 15.4 Å². The molecule has 0 saturated carbocycles. The van der Waals surface area contributed by atoms with E-state index in [9.17, 15) is 4.79 Å². The molecule has 100 valence electrons. The summed E-state index contributed by atoms with van der Waals surface area (Å²) in [6.45, 7) is 7.75. The van der Waals surface area contributed by atoms with Gasteiger partial charge in [0.2, 0.25) is 5.91 Å². The van der Waals surface area contributed by atoms with Gasteiger partial charge in [-0.3, -0.25) is 4.79 Å². The van der Waals surface area contributed by atoms with Crippen LogP contribution in [0.5, 0.6) is 0 Å². The van der Waals surface area contributed by atoms with Gasteiger partial charge in [0.25, 0.3) is 0 Å². The Morgan fingerprint density at radius 2 is 2.18 bits per heavy atom. The number of piperidine rings is 1. The summed E-state index contributed by atoms with van der Waals surface area (Å²) in [5.41, 5.74) is 0. The lowest BCUT2D eigenvalue weighted by Crippen LogP contribution is -2.49. The maximum Gasteiger partial charge on any atom is 0.224 e. The summed E-state index contributed by atoms with van der Waals surface area (Å²) in [7, 11) is 1.67. The van der Waals surface area contributed by atoms with Crippen molar-refractivity contribution in [2.24, 2.45) is 11.8 Å². The van der Waals surface area contributed by atoms with E-state index in [2.05, 4.69) is 31.4 Å². The van der Waals surface area contributed by atoms with Crippen molar-refractivity contribution in [2.75, 3.05) is 20.3 Å². The molecule has 17 heavy (non-hydrogen) atoms. The van der Waals surface area contributed by atoms with Gasteiger partial charge in [-0.1, -0.05) is 13.8 Å². The standard InChI is InChI=1S/C13H26N2O2/c1-9(2)12(8-17-4)15-13(16)11-6-5-10(3)14-7-11/h9-12,14H,5-8H2,1-4H3,(H,15,16). The highest BCUT2D eigenvalue weighted by atomic mass is 16.5. The van der Waals surface area contributed by atoms with Crippen molar-refractivity contribution < 1.29 is 9.53 Å². The maximum absolute atomic E-state index is 12.1. The normalized spacial score (nSPS) is 26.9. The molecule has 0 aromatic heterocycles. The van der Waals surface area contributed by atoms with Crippen LogP contribution in [0.2, 0.25) is 0 Å². The average molecular weight is 242 g/mol. The van der Waals surface area contributed by atoms with Crippen LogP contribution in [-0.2, 0) is 9.53 Å². The van der Waals surface area contributed by atoms with E-state index in [-0.39, 0.29) is 17.9 Å². The lowest BCUT2D eigenvalue weighted by atomic mass is 9.94. The number of ether oxygens (including phenoxy) is 1. The quantitative estimate of drug-likeness (QED) is 0.760. The van der Waals surface area contributed by atoms with Crippen molar-refractivity contribution in [3.63, 3.8) is 0 Å². The summed E-state index contributed by atoms with van der Waals surface area (Å²) in [5.74, 6) is 0.679. The minimum absolute atomic E-state index is 0.115. The first-order valence-electron chi connectivity index (χ1n) is 6.57. The van der Waals surface area contributed by atoms with Gasteiger partial charge >= 0.3 is 0 Å². The highest BCUT2D eigenvalue weighted by Gasteiger charge is 2.26. The number of nitrogens with one attached hydrogen (secondary N) is 2. The third kappa shape index (κ3) is 4.64. The van der Waals surface area contributed by atoms with E-state index in [4.69, 9.17) is 4.74 Å². The molecule has 1 heterocycles. The Labute approximate surface area is 104 Å². The molecule has 0 aromatic rings. The third-order valence-corrected chi connectivity index (χ3v) is 3.51. The zero-order valence-corrected chi connectivity index (χ0v) is 11.5. The van der Waals surface area contributed by atoms with Gasteiger partial charge in [-0.25, -0.2) is 0 Å². The predicted molar refractivity (Wildman–Crippen MR) is 68.8 cm³/mol. The van der Waals surface area contributed by atoms with Crippen LogP contribution in [0, 0.1) is 11.8 Å². The van der Waals surface area contributed by atoms with Gasteiger partial charge in [-0.15, -0.1) is 0 Å². The second-order valence-corrected chi connectivity index (χ2v) is 5.40. The molecular formula is C13H26N2O2. The van der Waals surface area contributed by atoms with Gasteiger partial charge in [0.15, 0.2) is 0 Å². The lowest BCUT2D eigenvalue weighted by molar-refractivity contribution is -0.127. The minimum Gasteiger partial charge on any atom is -0.383 e. The summed E-state index contributed by atoms with van der Waals surface area (Å²) in [5, 5.41) is 6.45. The molecule has 0 aromatic carbocycles. The summed E-state index contributed by atoms with van der Waals surface area (Å²) < 4.78 is 5.14. The molecule has 3 atom stereocenters. The van der Waals surface area contributed by atoms with Crippen molar-refractivity contribution in [3.05, 3.63) is 0 Å². The van der Waals surface area contributed by atoms with Crippen LogP contribution >= 0.6 is 0 Å². The zero-order valence-electron chi connectivity index (χ0n) is 11.5. The molecule has 0 spiro atoms. The van der Waals surface area contributed by atoms with Crippen molar-refractivity contribution in [2.45, 2.75) is 45.7 Å². The van der Waals surface area contributed by atoms with Crippen LogP contribution < -0.4 is 10.6 Å². The summed E-state index contributed by atoms with van der Waals surface area (Å²) in [4.78, 5) is 12.1. The molecule has 4 nitrogen and oxygen atoms in total. The number of carbonyl (C=O) groups excluding carboxylic acids is 1. The molecule has 2 N–H and O–H groups in total. The second kappa shape index (κ2) is 6.97. The summed E-state index contributed by atoms with van der Waals surface area (Å²) in [6, 6.07) is 0.658. The van der Waals surface area contributed by atoms with Crippen LogP contribution in [0.4, 0.5) is 0 Å². The van der Waals surface area contributed by atoms with E-state index in [0.29, 0.717) is 18.6 Å². The smallest absolute Gasteiger partial charge is 0.224 e. The van der Waals surface area contributed by atoms with E-state index >= 15 is 0 Å². The first-order chi connectivity index (χ1) is 8.04. The third-order valence-electron chi connectivity index (χ3n) is 3.51. The number of rotatable bonds is 5. The van der Waals surface area contributed by atoms with Crippen LogP contribution in [0.15, 0.2) is 0 Å². The highest BCUT2D eigenvalue weighted by molar-refractivity contribution is 5.79. The molecule has 1 aliphatic rings. The molecule has 3 unspecified atom stereocenters. The van der Waals surface area contributed by atoms with E-state index in [0.717, 1.165) is 19.4 Å². The Hall–Kier alpha value is -0.610. The number of methoxy groups -OCH3 is 1. The van der Waals surface area contributed by atoms with E-state index < -0.39 is 0 Å². The van der Waals surface area contributed by atoms with Crippen LogP contribution in [0.3, 0.4) is 0 Å². The Morgan fingerprint density at radius 1 is 1.47 bits per heavy atom. The van der Waals surface area contributed by atoms with Gasteiger partial charge in [0.1, 0.15) is 0 Å². The molecule has 0 aliphatic carbocycles. The summed E-state index contributed by atoms with van der Waals surface area (Å²) >= 11 is 0. The van der Waals surface area contributed by atoms with E-state index in [1.54, 1.807) is 7.11 Å². The number of hydrogen-bond donors (Lipinski definition) is 2. The molecule has 0 radical (unpaired) electrons. The van der Waals surface area contributed by atoms with Gasteiger partial charge in [-0.2, -0.15) is 0 Å². The zero-order chi connectivity index (χ0) is 12.8. The van der Waals surface area contributed by atoms with Crippen molar-refractivity contribution in [3.8, 4) is 0 Å². The van der Waals surface area contributed by atoms with Crippen molar-refractivity contribution in [1.29, 1.82) is 0 Å². The van der Waals surface area contributed by atoms with Crippen LogP contribution in [-0.4, -0.2) is 38.3 Å². The Kier molecular flexibility index (Phi) is 5.92. The molecule has 1 saturated heterocycles. The summed E-state index contributed by atoms with van der Waals surface area (Å²) in [6.07, 6.45) is 2.06. The number of hydrogen-bond acceptors (Lipinski definition) is 3. The number of amides is 1. The Morgan fingerprint density at radius 3 is 2.65 bits per heavy atom. The topological polar surface area (TPSA) is 50.4 Å². The highest BCUT2D eigenvalue weighted by Crippen LogP contribution is 2.15. The number of carbonyl (C=O) groups is 1. The van der Waals surface area contributed by atoms with Gasteiger partial charge in [-0.05, 0) is 25.7 Å². The predicted octanol–water partition coefficient (Wildman–Crippen LogP) is 1.16. The maximum atomic E-state index is 12.1. The fourth-order valence-corrected chi connectivity index (χ4v) is 2.10. The molecule has 1 amide bonds. The van der Waals surface area contributed by atoms with Gasteiger partial charge in [0.05, 0.1) is 18.6 Å². The molecule has 1 rings (SSSR count). The Bertz CT molecular complexity index is 236.